The summed E-state index contributed by atoms with van der Waals surface area (Å²) < 4.78 is 6.03. The molecule has 1 aromatic rings. The first-order valence-corrected chi connectivity index (χ1v) is 6.32. The fourth-order valence-electron chi connectivity index (χ4n) is 1.16. The lowest BCUT2D eigenvalue weighted by molar-refractivity contribution is 0.0636. The van der Waals surface area contributed by atoms with Gasteiger partial charge in [0.25, 0.3) is 0 Å². The van der Waals surface area contributed by atoms with Crippen LogP contribution in [0.15, 0.2) is 16.6 Å². The maximum absolute atomic E-state index is 11.6. The summed E-state index contributed by atoms with van der Waals surface area (Å²) in [5.74, 6) is 0. The average molecular weight is 321 g/mol. The van der Waals surface area contributed by atoms with Gasteiger partial charge in [0, 0.05) is 4.47 Å². The van der Waals surface area contributed by atoms with Gasteiger partial charge in [-0.05, 0) is 45.4 Å². The van der Waals surface area contributed by atoms with Crippen LogP contribution in [0.25, 0.3) is 0 Å². The monoisotopic (exact) mass is 319 g/mol. The molecule has 0 aromatic heterocycles. The summed E-state index contributed by atoms with van der Waals surface area (Å²) in [4.78, 5) is 11.6. The van der Waals surface area contributed by atoms with Crippen molar-refractivity contribution >= 4 is 39.3 Å². The van der Waals surface area contributed by atoms with Gasteiger partial charge in [0.15, 0.2) is 0 Å². The van der Waals surface area contributed by atoms with Gasteiger partial charge in [0.05, 0.1) is 10.7 Å². The maximum atomic E-state index is 11.6. The highest BCUT2D eigenvalue weighted by Crippen LogP contribution is 2.29. The van der Waals surface area contributed by atoms with Gasteiger partial charge in [-0.15, -0.1) is 0 Å². The molecule has 5 heteroatoms. The van der Waals surface area contributed by atoms with E-state index < -0.39 is 11.7 Å². The van der Waals surface area contributed by atoms with Crippen molar-refractivity contribution in [3.63, 3.8) is 0 Å². The number of carbonyl (C=O) groups excluding carboxylic acids is 1. The Balaban J connectivity index is 2.82. The Hall–Kier alpha value is -0.740. The summed E-state index contributed by atoms with van der Waals surface area (Å²) in [6, 6.07) is 3.53. The minimum atomic E-state index is -0.529. The summed E-state index contributed by atoms with van der Waals surface area (Å²) >= 11 is 9.41. The highest BCUT2D eigenvalue weighted by atomic mass is 79.9. The second kappa shape index (κ2) is 5.27. The van der Waals surface area contributed by atoms with Gasteiger partial charge in [0.1, 0.15) is 5.60 Å². The van der Waals surface area contributed by atoms with Crippen LogP contribution in [0, 0.1) is 6.92 Å². The standard InChI is InChI=1S/C12H15BrClNO2/c1-7-5-9(14)10(6-8(7)13)15-11(16)17-12(2,3)4/h5-6H,1-4H3,(H,15,16). The van der Waals surface area contributed by atoms with E-state index in [9.17, 15) is 4.79 Å². The topological polar surface area (TPSA) is 38.3 Å². The predicted molar refractivity (Wildman–Crippen MR) is 73.7 cm³/mol. The first kappa shape index (κ1) is 14.3. The van der Waals surface area contributed by atoms with E-state index in [1.807, 2.05) is 6.92 Å². The summed E-state index contributed by atoms with van der Waals surface area (Å²) in [6.45, 7) is 7.34. The molecule has 0 saturated carbocycles. The number of benzene rings is 1. The van der Waals surface area contributed by atoms with Crippen LogP contribution < -0.4 is 5.32 Å². The molecule has 94 valence electrons. The number of hydrogen-bond donors (Lipinski definition) is 1. The Labute approximate surface area is 115 Å². The fraction of sp³-hybridized carbons (Fsp3) is 0.417. The third-order valence-corrected chi connectivity index (χ3v) is 3.05. The van der Waals surface area contributed by atoms with E-state index in [0.29, 0.717) is 10.7 Å². The van der Waals surface area contributed by atoms with Crippen LogP contribution in [0.1, 0.15) is 26.3 Å². The van der Waals surface area contributed by atoms with E-state index in [1.54, 1.807) is 32.9 Å². The molecule has 0 fully saturated rings. The molecule has 1 amide bonds. The van der Waals surface area contributed by atoms with Gasteiger partial charge >= 0.3 is 6.09 Å². The van der Waals surface area contributed by atoms with Gasteiger partial charge in [-0.3, -0.25) is 5.32 Å². The fourth-order valence-corrected chi connectivity index (χ4v) is 1.76. The van der Waals surface area contributed by atoms with Crippen LogP contribution in [0.2, 0.25) is 5.02 Å². The van der Waals surface area contributed by atoms with Crippen LogP contribution in [0.5, 0.6) is 0 Å². The zero-order chi connectivity index (χ0) is 13.2. The lowest BCUT2D eigenvalue weighted by Gasteiger charge is -2.20. The van der Waals surface area contributed by atoms with Crippen molar-refractivity contribution in [3.05, 3.63) is 27.2 Å². The summed E-state index contributed by atoms with van der Waals surface area (Å²) in [7, 11) is 0. The number of carbonyl (C=O) groups is 1. The number of amides is 1. The van der Waals surface area contributed by atoms with Crippen molar-refractivity contribution in [2.24, 2.45) is 0 Å². The molecule has 1 aromatic carbocycles. The molecular formula is C12H15BrClNO2. The highest BCUT2D eigenvalue weighted by Gasteiger charge is 2.17. The number of ether oxygens (including phenoxy) is 1. The lowest BCUT2D eigenvalue weighted by atomic mass is 10.2. The van der Waals surface area contributed by atoms with Crippen LogP contribution in [-0.2, 0) is 4.74 Å². The largest absolute Gasteiger partial charge is 0.444 e. The molecule has 0 unspecified atom stereocenters. The normalized spacial score (nSPS) is 11.2. The number of hydrogen-bond acceptors (Lipinski definition) is 2. The third-order valence-electron chi connectivity index (χ3n) is 1.88. The van der Waals surface area contributed by atoms with E-state index in [2.05, 4.69) is 21.2 Å². The Kier molecular flexibility index (Phi) is 4.44. The lowest BCUT2D eigenvalue weighted by Crippen LogP contribution is -2.27. The van der Waals surface area contributed by atoms with Crippen molar-refractivity contribution in [2.75, 3.05) is 5.32 Å². The Morgan fingerprint density at radius 1 is 1.41 bits per heavy atom. The SMILES string of the molecule is Cc1cc(Cl)c(NC(=O)OC(C)(C)C)cc1Br. The molecule has 1 rings (SSSR count). The minimum Gasteiger partial charge on any atom is -0.444 e. The molecule has 0 radical (unpaired) electrons. The van der Waals surface area contributed by atoms with Crippen molar-refractivity contribution in [2.45, 2.75) is 33.3 Å². The Morgan fingerprint density at radius 3 is 2.53 bits per heavy atom. The van der Waals surface area contributed by atoms with E-state index in [1.165, 1.54) is 0 Å². The molecule has 0 atom stereocenters. The van der Waals surface area contributed by atoms with Crippen LogP contribution in [-0.4, -0.2) is 11.7 Å². The van der Waals surface area contributed by atoms with E-state index >= 15 is 0 Å². The number of rotatable bonds is 1. The number of aryl methyl sites for hydroxylation is 1. The number of halogens is 2. The Morgan fingerprint density at radius 2 is 2.00 bits per heavy atom. The van der Waals surface area contributed by atoms with E-state index in [0.717, 1.165) is 10.0 Å². The number of nitrogens with one attached hydrogen (secondary N) is 1. The van der Waals surface area contributed by atoms with Crippen molar-refractivity contribution in [3.8, 4) is 0 Å². The first-order chi connectivity index (χ1) is 7.69. The zero-order valence-electron chi connectivity index (χ0n) is 10.2. The molecule has 0 bridgehead atoms. The predicted octanol–water partition coefficient (Wildman–Crippen LogP) is 4.76. The molecular weight excluding hydrogens is 305 g/mol. The second-order valence-electron chi connectivity index (χ2n) is 4.71. The van der Waals surface area contributed by atoms with Crippen molar-refractivity contribution < 1.29 is 9.53 Å². The number of anilines is 1. The quantitative estimate of drug-likeness (QED) is 0.810. The minimum absolute atomic E-state index is 0.483. The summed E-state index contributed by atoms with van der Waals surface area (Å²) in [5, 5.41) is 3.09. The van der Waals surface area contributed by atoms with Gasteiger partial charge in [-0.2, -0.15) is 0 Å². The molecule has 3 nitrogen and oxygen atoms in total. The molecule has 0 saturated heterocycles. The summed E-state index contributed by atoms with van der Waals surface area (Å²) in [6.07, 6.45) is -0.518. The van der Waals surface area contributed by atoms with Gasteiger partial charge in [-0.1, -0.05) is 27.5 Å². The van der Waals surface area contributed by atoms with Crippen LogP contribution >= 0.6 is 27.5 Å². The van der Waals surface area contributed by atoms with Gasteiger partial charge < -0.3 is 4.74 Å². The molecule has 0 aliphatic carbocycles. The zero-order valence-corrected chi connectivity index (χ0v) is 12.6. The maximum Gasteiger partial charge on any atom is 0.412 e. The van der Waals surface area contributed by atoms with Crippen molar-refractivity contribution in [1.29, 1.82) is 0 Å². The molecule has 0 spiro atoms. The van der Waals surface area contributed by atoms with Crippen LogP contribution in [0.4, 0.5) is 10.5 Å². The molecule has 0 aliphatic heterocycles. The average Bonchev–Trinajstić information content (AvgIpc) is 2.11. The van der Waals surface area contributed by atoms with Gasteiger partial charge in [-0.25, -0.2) is 4.79 Å². The molecule has 0 heterocycles. The molecule has 0 aliphatic rings. The summed E-state index contributed by atoms with van der Waals surface area (Å²) in [5.41, 5.74) is 1.00. The molecule has 1 N–H and O–H groups in total. The highest BCUT2D eigenvalue weighted by molar-refractivity contribution is 9.10. The van der Waals surface area contributed by atoms with E-state index in [-0.39, 0.29) is 0 Å². The smallest absolute Gasteiger partial charge is 0.412 e. The van der Waals surface area contributed by atoms with Gasteiger partial charge in [0.2, 0.25) is 0 Å². The van der Waals surface area contributed by atoms with E-state index in [4.69, 9.17) is 16.3 Å². The molecule has 17 heavy (non-hydrogen) atoms. The van der Waals surface area contributed by atoms with Crippen molar-refractivity contribution in [1.82, 2.24) is 0 Å². The second-order valence-corrected chi connectivity index (χ2v) is 5.97. The Bertz CT molecular complexity index is 441. The van der Waals surface area contributed by atoms with Crippen LogP contribution in [0.3, 0.4) is 0 Å². The third kappa shape index (κ3) is 4.56. The first-order valence-electron chi connectivity index (χ1n) is 5.15.